The van der Waals surface area contributed by atoms with E-state index < -0.39 is 5.97 Å². The van der Waals surface area contributed by atoms with Gasteiger partial charge in [0.2, 0.25) is 5.91 Å². The monoisotopic (exact) mass is 411 g/mol. The minimum Gasteiger partial charge on any atom is -0.507 e. The largest absolute Gasteiger partial charge is 0.507 e. The van der Waals surface area contributed by atoms with Crippen molar-refractivity contribution in [3.8, 4) is 17.2 Å². The van der Waals surface area contributed by atoms with E-state index in [4.69, 9.17) is 9.47 Å². The number of phenolic OH excluding ortho intramolecular Hbond substituents is 2. The van der Waals surface area contributed by atoms with Crippen molar-refractivity contribution in [2.75, 3.05) is 12.4 Å². The molecule has 0 unspecified atom stereocenters. The first-order chi connectivity index (χ1) is 14.3. The van der Waals surface area contributed by atoms with Gasteiger partial charge in [-0.05, 0) is 44.4 Å². The molecule has 0 saturated heterocycles. The number of para-hydroxylation sites is 2. The van der Waals surface area contributed by atoms with E-state index in [9.17, 15) is 19.8 Å². The molecule has 7 nitrogen and oxygen atoms in total. The van der Waals surface area contributed by atoms with Crippen LogP contribution in [0, 0.1) is 6.92 Å². The average molecular weight is 411 g/mol. The summed E-state index contributed by atoms with van der Waals surface area (Å²) in [5.41, 5.74) is 3.48. The Bertz CT molecular complexity index is 1020. The highest BCUT2D eigenvalue weighted by atomic mass is 16.5. The van der Waals surface area contributed by atoms with Gasteiger partial charge in [-0.1, -0.05) is 23.8 Å². The summed E-state index contributed by atoms with van der Waals surface area (Å²) >= 11 is 0. The zero-order valence-electron chi connectivity index (χ0n) is 17.2. The first-order valence-corrected chi connectivity index (χ1v) is 9.65. The van der Waals surface area contributed by atoms with Crippen molar-refractivity contribution in [1.29, 1.82) is 0 Å². The van der Waals surface area contributed by atoms with E-state index in [0.29, 0.717) is 35.4 Å². The fourth-order valence-corrected chi connectivity index (χ4v) is 3.51. The molecule has 158 valence electrons. The van der Waals surface area contributed by atoms with Gasteiger partial charge in [0.05, 0.1) is 12.8 Å². The number of aromatic hydroxyl groups is 2. The van der Waals surface area contributed by atoms with E-state index in [2.05, 4.69) is 5.32 Å². The zero-order chi connectivity index (χ0) is 21.8. The van der Waals surface area contributed by atoms with Crippen LogP contribution in [0.2, 0.25) is 0 Å². The summed E-state index contributed by atoms with van der Waals surface area (Å²) in [5.74, 6) is -0.301. The standard InChI is InChI=1S/C23H25NO6/c1-13(9-11-19(26)24-17-6-4-5-7-18(17)25)8-10-15-21(27)20-16(12-30-23(20)28)14(2)22(15)29-3/h4-8,25,27H,9-12H2,1-3H3,(H,24,26). The zero-order valence-corrected chi connectivity index (χ0v) is 17.2. The first kappa shape index (κ1) is 21.2. The van der Waals surface area contributed by atoms with Gasteiger partial charge in [-0.25, -0.2) is 4.79 Å². The Hall–Kier alpha value is -3.48. The third-order valence-corrected chi connectivity index (χ3v) is 5.23. The number of fused-ring (bicyclic) bond motifs is 1. The Kier molecular flexibility index (Phi) is 6.30. The minimum absolute atomic E-state index is 0.0196. The topological polar surface area (TPSA) is 105 Å². The van der Waals surface area contributed by atoms with Crippen molar-refractivity contribution in [3.63, 3.8) is 0 Å². The van der Waals surface area contributed by atoms with Crippen LogP contribution in [0.4, 0.5) is 5.69 Å². The summed E-state index contributed by atoms with van der Waals surface area (Å²) in [6.45, 7) is 3.86. The number of anilines is 1. The molecule has 2 aromatic rings. The number of hydrogen-bond donors (Lipinski definition) is 3. The average Bonchev–Trinajstić information content (AvgIpc) is 3.11. The predicted molar refractivity (Wildman–Crippen MR) is 112 cm³/mol. The predicted octanol–water partition coefficient (Wildman–Crippen LogP) is 3.99. The van der Waals surface area contributed by atoms with Gasteiger partial charge >= 0.3 is 5.97 Å². The summed E-state index contributed by atoms with van der Waals surface area (Å²) < 4.78 is 10.5. The van der Waals surface area contributed by atoms with Crippen LogP contribution in [0.5, 0.6) is 17.2 Å². The molecule has 1 amide bonds. The SMILES string of the molecule is COc1c(C)c2c(c(O)c1CC=C(C)CCC(=O)Nc1ccccc1O)C(=O)OC2. The summed E-state index contributed by atoms with van der Waals surface area (Å²) in [6, 6.07) is 6.55. The maximum atomic E-state index is 12.1. The Morgan fingerprint density at radius 2 is 2.00 bits per heavy atom. The Labute approximate surface area is 174 Å². The van der Waals surface area contributed by atoms with E-state index in [1.807, 2.05) is 19.9 Å². The lowest BCUT2D eigenvalue weighted by Crippen LogP contribution is -2.11. The molecule has 3 rings (SSSR count). The highest BCUT2D eigenvalue weighted by molar-refractivity contribution is 5.98. The molecule has 30 heavy (non-hydrogen) atoms. The van der Waals surface area contributed by atoms with Crippen LogP contribution in [0.1, 0.15) is 46.8 Å². The molecular weight excluding hydrogens is 386 g/mol. The van der Waals surface area contributed by atoms with Gasteiger partial charge in [0.15, 0.2) is 0 Å². The summed E-state index contributed by atoms with van der Waals surface area (Å²) in [7, 11) is 1.52. The number of nitrogens with one attached hydrogen (secondary N) is 1. The lowest BCUT2D eigenvalue weighted by Gasteiger charge is -2.15. The van der Waals surface area contributed by atoms with Crippen LogP contribution < -0.4 is 10.1 Å². The van der Waals surface area contributed by atoms with Gasteiger partial charge < -0.3 is 25.0 Å². The highest BCUT2D eigenvalue weighted by Gasteiger charge is 2.31. The third kappa shape index (κ3) is 4.25. The maximum Gasteiger partial charge on any atom is 0.342 e. The number of methoxy groups -OCH3 is 1. The van der Waals surface area contributed by atoms with Crippen molar-refractivity contribution >= 4 is 17.6 Å². The van der Waals surface area contributed by atoms with Crippen molar-refractivity contribution in [3.05, 3.63) is 58.2 Å². The number of cyclic esters (lactones) is 1. The van der Waals surface area contributed by atoms with Crippen molar-refractivity contribution in [1.82, 2.24) is 0 Å². The number of phenols is 2. The molecule has 1 heterocycles. The number of rotatable bonds is 7. The van der Waals surface area contributed by atoms with Crippen molar-refractivity contribution in [2.45, 2.75) is 39.7 Å². The highest BCUT2D eigenvalue weighted by Crippen LogP contribution is 2.42. The summed E-state index contributed by atoms with van der Waals surface area (Å²) in [4.78, 5) is 24.1. The van der Waals surface area contributed by atoms with E-state index >= 15 is 0 Å². The van der Waals surface area contributed by atoms with E-state index in [0.717, 1.165) is 11.1 Å². The fourth-order valence-electron chi connectivity index (χ4n) is 3.51. The van der Waals surface area contributed by atoms with Gasteiger partial charge in [0.25, 0.3) is 0 Å². The van der Waals surface area contributed by atoms with Crippen molar-refractivity contribution in [2.24, 2.45) is 0 Å². The molecule has 0 radical (unpaired) electrons. The smallest absolute Gasteiger partial charge is 0.342 e. The molecule has 0 fully saturated rings. The molecule has 0 atom stereocenters. The van der Waals surface area contributed by atoms with E-state index in [-0.39, 0.29) is 36.0 Å². The number of carbonyl (C=O) groups is 2. The van der Waals surface area contributed by atoms with Crippen LogP contribution in [-0.4, -0.2) is 29.2 Å². The maximum absolute atomic E-state index is 12.1. The van der Waals surface area contributed by atoms with Gasteiger partial charge in [0, 0.05) is 17.5 Å². The fraction of sp³-hybridized carbons (Fsp3) is 0.304. The molecule has 2 aromatic carbocycles. The number of hydrogen-bond acceptors (Lipinski definition) is 6. The van der Waals surface area contributed by atoms with Crippen molar-refractivity contribution < 1.29 is 29.3 Å². The van der Waals surface area contributed by atoms with Crippen LogP contribution >= 0.6 is 0 Å². The Morgan fingerprint density at radius 3 is 2.70 bits per heavy atom. The van der Waals surface area contributed by atoms with E-state index in [1.54, 1.807) is 18.2 Å². The quantitative estimate of drug-likeness (QED) is 0.361. The molecule has 7 heteroatoms. The molecule has 0 bridgehead atoms. The van der Waals surface area contributed by atoms with Gasteiger partial charge in [-0.2, -0.15) is 0 Å². The summed E-state index contributed by atoms with van der Waals surface area (Å²) in [6.07, 6.45) is 3.00. The number of esters is 1. The number of carbonyl (C=O) groups excluding carboxylic acids is 2. The molecule has 0 saturated carbocycles. The molecule has 1 aliphatic rings. The number of benzene rings is 2. The normalized spacial score (nSPS) is 13.0. The molecule has 0 aliphatic carbocycles. The summed E-state index contributed by atoms with van der Waals surface area (Å²) in [5, 5.41) is 23.1. The lowest BCUT2D eigenvalue weighted by molar-refractivity contribution is -0.116. The first-order valence-electron chi connectivity index (χ1n) is 9.65. The van der Waals surface area contributed by atoms with Gasteiger partial charge in [-0.3, -0.25) is 4.79 Å². The second-order valence-corrected chi connectivity index (χ2v) is 7.24. The van der Waals surface area contributed by atoms with E-state index in [1.165, 1.54) is 13.2 Å². The second-order valence-electron chi connectivity index (χ2n) is 7.24. The molecule has 0 spiro atoms. The number of allylic oxidation sites excluding steroid dienone is 2. The third-order valence-electron chi connectivity index (χ3n) is 5.23. The van der Waals surface area contributed by atoms with Crippen LogP contribution in [-0.2, 0) is 22.6 Å². The van der Waals surface area contributed by atoms with Gasteiger partial charge in [0.1, 0.15) is 29.4 Å². The minimum atomic E-state index is -0.531. The van der Waals surface area contributed by atoms with Crippen LogP contribution in [0.15, 0.2) is 35.9 Å². The second kappa shape index (κ2) is 8.90. The number of amides is 1. The molecular formula is C23H25NO6. The Balaban J connectivity index is 1.69. The van der Waals surface area contributed by atoms with Crippen LogP contribution in [0.3, 0.4) is 0 Å². The Morgan fingerprint density at radius 1 is 1.27 bits per heavy atom. The number of ether oxygens (including phenoxy) is 2. The molecule has 0 aromatic heterocycles. The van der Waals surface area contributed by atoms with Crippen LogP contribution in [0.25, 0.3) is 0 Å². The van der Waals surface area contributed by atoms with Gasteiger partial charge in [-0.15, -0.1) is 0 Å². The lowest BCUT2D eigenvalue weighted by atomic mass is 9.94. The molecule has 1 aliphatic heterocycles. The molecule has 3 N–H and O–H groups in total.